The zero-order valence-electron chi connectivity index (χ0n) is 18.7. The Labute approximate surface area is 193 Å². The van der Waals surface area contributed by atoms with Crippen molar-refractivity contribution in [2.75, 3.05) is 16.7 Å². The van der Waals surface area contributed by atoms with Gasteiger partial charge in [-0.15, -0.1) is 0 Å². The zero-order chi connectivity index (χ0) is 24.8. The maximum absolute atomic E-state index is 13.0. The molecule has 2 atom stereocenters. The third kappa shape index (κ3) is 7.57. The maximum Gasteiger partial charge on any atom is 0.433 e. The molecule has 1 aromatic heterocycles. The Hall–Kier alpha value is -2.92. The van der Waals surface area contributed by atoms with Crippen LogP contribution in [0.1, 0.15) is 42.7 Å². The van der Waals surface area contributed by atoms with Gasteiger partial charge in [0.2, 0.25) is 5.91 Å². The number of carbonyl (C=O) groups excluding carboxylic acids is 1. The number of hydrogen-bond donors (Lipinski definition) is 2. The molecule has 2 aromatic rings. The summed E-state index contributed by atoms with van der Waals surface area (Å²) in [6, 6.07) is 7.13. The fourth-order valence-corrected chi connectivity index (χ4v) is 3.25. The molecule has 0 bridgehead atoms. The van der Waals surface area contributed by atoms with Gasteiger partial charge in [-0.05, 0) is 55.7 Å². The molecule has 0 aliphatic carbocycles. The molecule has 0 radical (unpaired) electrons. The number of benzene rings is 1. The predicted octanol–water partition coefficient (Wildman–Crippen LogP) is 4.18. The van der Waals surface area contributed by atoms with E-state index in [-0.39, 0.29) is 18.4 Å². The van der Waals surface area contributed by atoms with Gasteiger partial charge in [-0.3, -0.25) is 9.00 Å². The van der Waals surface area contributed by atoms with Gasteiger partial charge in [0.25, 0.3) is 0 Å². The van der Waals surface area contributed by atoms with E-state index >= 15 is 0 Å². The molecule has 180 valence electrons. The van der Waals surface area contributed by atoms with Crippen molar-refractivity contribution in [3.8, 4) is 0 Å². The quantitative estimate of drug-likeness (QED) is 0.412. The van der Waals surface area contributed by atoms with Crippen LogP contribution in [0.15, 0.2) is 36.4 Å². The summed E-state index contributed by atoms with van der Waals surface area (Å²) < 4.78 is 62.4. The summed E-state index contributed by atoms with van der Waals surface area (Å²) in [6.07, 6.45) is -1.27. The predicted molar refractivity (Wildman–Crippen MR) is 122 cm³/mol. The molecule has 11 heteroatoms. The second kappa shape index (κ2) is 11.3. The number of amides is 1. The summed E-state index contributed by atoms with van der Waals surface area (Å²) in [5, 5.41) is 5.63. The molecule has 2 N–H and O–H groups in total. The Morgan fingerprint density at radius 2 is 2.00 bits per heavy atom. The highest BCUT2D eigenvalue weighted by Gasteiger charge is 2.33. The van der Waals surface area contributed by atoms with Crippen LogP contribution in [0.4, 0.5) is 24.7 Å². The fourth-order valence-electron chi connectivity index (χ4n) is 2.89. The van der Waals surface area contributed by atoms with E-state index in [9.17, 15) is 26.7 Å². The lowest BCUT2D eigenvalue weighted by Gasteiger charge is -2.23. The van der Waals surface area contributed by atoms with Crippen LogP contribution >= 0.6 is 0 Å². The third-order valence-corrected chi connectivity index (χ3v) is 5.56. The van der Waals surface area contributed by atoms with E-state index in [1.54, 1.807) is 25.1 Å². The second-order valence-corrected chi connectivity index (χ2v) is 8.45. The van der Waals surface area contributed by atoms with E-state index in [0.717, 1.165) is 21.5 Å². The molecule has 7 nitrogen and oxygen atoms in total. The number of halogens is 3. The maximum atomic E-state index is 13.0. The van der Waals surface area contributed by atoms with Gasteiger partial charge in [0.05, 0.1) is 5.69 Å². The molecule has 0 spiro atoms. The molecule has 0 saturated carbocycles. The first-order valence-electron chi connectivity index (χ1n) is 10.2. The van der Waals surface area contributed by atoms with Crippen LogP contribution in [0.5, 0.6) is 0 Å². The Morgan fingerprint density at radius 1 is 1.30 bits per heavy atom. The summed E-state index contributed by atoms with van der Waals surface area (Å²) in [6.45, 7) is 5.66. The standard InChI is InChI=1S/C22H27F3N4O3S/c1-5-15(3)27-21-17(7-10-19(28-21)22(23,24)25)8-11-20(30)26-13-16-6-9-18(14(2)12-16)29(4)33(31)32/h6-12,15H,5,13H2,1-4H3,(H,26,30)(H,27,28)(H,31,32)/p-1. The van der Waals surface area contributed by atoms with Crippen molar-refractivity contribution in [1.29, 1.82) is 0 Å². The van der Waals surface area contributed by atoms with Crippen LogP contribution in [0, 0.1) is 6.92 Å². The minimum atomic E-state index is -4.57. The number of alkyl halides is 3. The molecule has 0 saturated heterocycles. The van der Waals surface area contributed by atoms with Gasteiger partial charge in [0.1, 0.15) is 11.5 Å². The number of hydrogen-bond acceptors (Lipinski definition) is 5. The molecule has 0 fully saturated rings. The number of aromatic nitrogens is 1. The minimum absolute atomic E-state index is 0.0503. The molecule has 1 amide bonds. The first-order chi connectivity index (χ1) is 15.4. The highest BCUT2D eigenvalue weighted by atomic mass is 32.2. The third-order valence-electron chi connectivity index (χ3n) is 4.92. The van der Waals surface area contributed by atoms with Crippen LogP contribution < -0.4 is 14.9 Å². The molecule has 1 aromatic carbocycles. The van der Waals surface area contributed by atoms with E-state index in [1.807, 2.05) is 13.8 Å². The van der Waals surface area contributed by atoms with Crippen LogP contribution in [-0.2, 0) is 28.8 Å². The van der Waals surface area contributed by atoms with Crippen molar-refractivity contribution in [3.05, 3.63) is 58.8 Å². The summed E-state index contributed by atoms with van der Waals surface area (Å²) >= 11 is -2.39. The van der Waals surface area contributed by atoms with Crippen LogP contribution in [-0.4, -0.2) is 32.7 Å². The van der Waals surface area contributed by atoms with Gasteiger partial charge in [0.15, 0.2) is 0 Å². The van der Waals surface area contributed by atoms with Crippen molar-refractivity contribution in [3.63, 3.8) is 0 Å². The van der Waals surface area contributed by atoms with Gasteiger partial charge in [-0.2, -0.15) is 13.2 Å². The monoisotopic (exact) mass is 483 g/mol. The van der Waals surface area contributed by atoms with E-state index in [4.69, 9.17) is 0 Å². The number of rotatable bonds is 9. The zero-order valence-corrected chi connectivity index (χ0v) is 19.5. The normalized spacial score (nSPS) is 13.6. The Morgan fingerprint density at radius 3 is 2.58 bits per heavy atom. The highest BCUT2D eigenvalue weighted by Crippen LogP contribution is 2.30. The van der Waals surface area contributed by atoms with Crippen LogP contribution in [0.3, 0.4) is 0 Å². The summed E-state index contributed by atoms with van der Waals surface area (Å²) in [5.74, 6) is -0.391. The van der Waals surface area contributed by atoms with E-state index in [2.05, 4.69) is 15.6 Å². The summed E-state index contributed by atoms with van der Waals surface area (Å²) in [4.78, 5) is 15.9. The van der Waals surface area contributed by atoms with Crippen LogP contribution in [0.25, 0.3) is 6.08 Å². The molecule has 2 unspecified atom stereocenters. The van der Waals surface area contributed by atoms with Crippen molar-refractivity contribution in [1.82, 2.24) is 10.3 Å². The van der Waals surface area contributed by atoms with Crippen molar-refractivity contribution < 1.29 is 26.7 Å². The lowest BCUT2D eigenvalue weighted by Crippen LogP contribution is -2.22. The molecule has 0 aliphatic rings. The average Bonchev–Trinajstić information content (AvgIpc) is 2.75. The largest absolute Gasteiger partial charge is 0.755 e. The smallest absolute Gasteiger partial charge is 0.433 e. The van der Waals surface area contributed by atoms with Crippen LogP contribution in [0.2, 0.25) is 0 Å². The Kier molecular flexibility index (Phi) is 9.00. The van der Waals surface area contributed by atoms with E-state index in [1.165, 1.54) is 25.3 Å². The number of pyridine rings is 1. The van der Waals surface area contributed by atoms with Crippen molar-refractivity contribution in [2.45, 2.75) is 46.0 Å². The lowest BCUT2D eigenvalue weighted by molar-refractivity contribution is -0.141. The second-order valence-electron chi connectivity index (χ2n) is 7.47. The topological polar surface area (TPSA) is 97.4 Å². The highest BCUT2D eigenvalue weighted by molar-refractivity contribution is 7.80. The van der Waals surface area contributed by atoms with Gasteiger partial charge >= 0.3 is 6.18 Å². The first-order valence-corrected chi connectivity index (χ1v) is 11.2. The van der Waals surface area contributed by atoms with Crippen molar-refractivity contribution >= 4 is 34.8 Å². The number of carbonyl (C=O) groups is 1. The average molecular weight is 484 g/mol. The Balaban J connectivity index is 2.11. The molecule has 0 aliphatic heterocycles. The molecule has 33 heavy (non-hydrogen) atoms. The molecular formula is C22H26F3N4O3S-. The SMILES string of the molecule is CCC(C)Nc1nc(C(F)(F)F)ccc1C=CC(=O)NCc1ccc(N(C)S(=O)[O-])c(C)c1. The summed E-state index contributed by atoms with van der Waals surface area (Å²) in [7, 11) is 1.43. The minimum Gasteiger partial charge on any atom is -0.755 e. The van der Waals surface area contributed by atoms with Crippen molar-refractivity contribution in [2.24, 2.45) is 0 Å². The molecule has 1 heterocycles. The Bertz CT molecular complexity index is 1040. The lowest BCUT2D eigenvalue weighted by atomic mass is 10.1. The number of nitrogens with zero attached hydrogens (tertiary/aromatic N) is 2. The number of anilines is 2. The first kappa shape index (κ1) is 26.3. The number of aryl methyl sites for hydroxylation is 1. The van der Waals surface area contributed by atoms with E-state index < -0.39 is 29.0 Å². The van der Waals surface area contributed by atoms with Gasteiger partial charge in [-0.25, -0.2) is 4.98 Å². The van der Waals surface area contributed by atoms with E-state index in [0.29, 0.717) is 17.7 Å². The molecule has 2 rings (SSSR count). The summed E-state index contributed by atoms with van der Waals surface area (Å²) in [5.41, 5.74) is 1.35. The fraction of sp³-hybridized carbons (Fsp3) is 0.364. The van der Waals surface area contributed by atoms with Gasteiger partial charge < -0.3 is 19.5 Å². The number of nitrogens with one attached hydrogen (secondary N) is 2. The van der Waals surface area contributed by atoms with Gasteiger partial charge in [-0.1, -0.05) is 19.1 Å². The molecular weight excluding hydrogens is 457 g/mol. The van der Waals surface area contributed by atoms with Gasteiger partial charge in [0, 0.05) is 42.5 Å².